The summed E-state index contributed by atoms with van der Waals surface area (Å²) in [6.07, 6.45) is 2.74. The molecule has 3 rings (SSSR count). The van der Waals surface area contributed by atoms with Crippen LogP contribution in [0.3, 0.4) is 0 Å². The van der Waals surface area contributed by atoms with Gasteiger partial charge in [0, 0.05) is 38.0 Å². The molecule has 1 fully saturated rings. The van der Waals surface area contributed by atoms with Crippen LogP contribution in [0.25, 0.3) is 0 Å². The molecule has 0 bridgehead atoms. The largest absolute Gasteiger partial charge is 0.338 e. The monoisotopic (exact) mass is 415 g/mol. The number of aromatic nitrogens is 1. The first-order valence-corrected chi connectivity index (χ1v) is 11.0. The fourth-order valence-corrected chi connectivity index (χ4v) is 4.13. The Kier molecular flexibility index (Phi) is 8.01. The van der Waals surface area contributed by atoms with Crippen molar-refractivity contribution < 1.29 is 9.59 Å². The fourth-order valence-electron chi connectivity index (χ4n) is 3.41. The normalized spacial score (nSPS) is 16.9. The van der Waals surface area contributed by atoms with E-state index in [1.165, 1.54) is 24.2 Å². The Morgan fingerprint density at radius 2 is 2.07 bits per heavy atom. The van der Waals surface area contributed by atoms with E-state index in [9.17, 15) is 9.59 Å². The number of carbonyl (C=O) groups excluding carboxylic acids is 2. The van der Waals surface area contributed by atoms with Crippen molar-refractivity contribution in [2.75, 3.05) is 25.0 Å². The third-order valence-corrected chi connectivity index (χ3v) is 5.66. The molecule has 29 heavy (non-hydrogen) atoms. The van der Waals surface area contributed by atoms with E-state index >= 15 is 0 Å². The van der Waals surface area contributed by atoms with Crippen LogP contribution in [-0.2, 0) is 17.9 Å². The molecule has 1 aromatic heterocycles. The Hall–Kier alpha value is -2.45. The van der Waals surface area contributed by atoms with Gasteiger partial charge in [-0.1, -0.05) is 37.3 Å². The van der Waals surface area contributed by atoms with Gasteiger partial charge in [0.1, 0.15) is 0 Å². The van der Waals surface area contributed by atoms with Gasteiger partial charge in [0.05, 0.1) is 5.69 Å². The highest BCUT2D eigenvalue weighted by atomic mass is 32.1. The highest BCUT2D eigenvalue weighted by Gasteiger charge is 2.17. The van der Waals surface area contributed by atoms with Crippen LogP contribution in [0.4, 0.5) is 9.93 Å². The predicted octanol–water partition coefficient (Wildman–Crippen LogP) is 3.20. The van der Waals surface area contributed by atoms with E-state index in [1.54, 1.807) is 0 Å². The Balaban J connectivity index is 1.32. The van der Waals surface area contributed by atoms with Gasteiger partial charge in [-0.25, -0.2) is 9.78 Å². The van der Waals surface area contributed by atoms with Crippen molar-refractivity contribution in [1.29, 1.82) is 0 Å². The lowest BCUT2D eigenvalue weighted by Crippen LogP contribution is -2.36. The van der Waals surface area contributed by atoms with E-state index in [2.05, 4.69) is 32.8 Å². The van der Waals surface area contributed by atoms with Gasteiger partial charge >= 0.3 is 6.03 Å². The molecule has 2 aromatic rings. The summed E-state index contributed by atoms with van der Waals surface area (Å²) in [7, 11) is 0. The standard InChI is InChI=1S/C21H29N5O2S/c1-16-6-5-11-26(13-16)14-18-15-29-21(24-18)25-19(27)9-10-22-20(28)23-12-17-7-3-2-4-8-17/h2-4,7-8,15-16H,5-6,9-14H2,1H3,(H2,22,23,28)(H,24,25,27)/t16-/m0/s1. The number of rotatable bonds is 8. The van der Waals surface area contributed by atoms with Crippen LogP contribution < -0.4 is 16.0 Å². The molecule has 1 aliphatic heterocycles. The van der Waals surface area contributed by atoms with E-state index in [-0.39, 0.29) is 24.9 Å². The maximum Gasteiger partial charge on any atom is 0.315 e. The minimum Gasteiger partial charge on any atom is -0.338 e. The SMILES string of the molecule is C[C@H]1CCCN(Cc2csc(NC(=O)CCNC(=O)NCc3ccccc3)n2)C1. The van der Waals surface area contributed by atoms with Crippen LogP contribution in [0, 0.1) is 5.92 Å². The van der Waals surface area contributed by atoms with E-state index in [0.29, 0.717) is 11.7 Å². The first kappa shape index (κ1) is 21.3. The number of nitrogens with zero attached hydrogens (tertiary/aromatic N) is 2. The molecule has 1 atom stereocenters. The summed E-state index contributed by atoms with van der Waals surface area (Å²) in [6.45, 7) is 6.07. The van der Waals surface area contributed by atoms with Gasteiger partial charge < -0.3 is 16.0 Å². The molecule has 0 radical (unpaired) electrons. The van der Waals surface area contributed by atoms with E-state index < -0.39 is 0 Å². The summed E-state index contributed by atoms with van der Waals surface area (Å²) in [5.41, 5.74) is 2.02. The number of nitrogens with one attached hydrogen (secondary N) is 3. The van der Waals surface area contributed by atoms with Crippen molar-refractivity contribution in [2.24, 2.45) is 5.92 Å². The molecule has 0 aliphatic carbocycles. The van der Waals surface area contributed by atoms with E-state index in [4.69, 9.17) is 0 Å². The van der Waals surface area contributed by atoms with Crippen LogP contribution in [0.1, 0.15) is 37.4 Å². The third-order valence-electron chi connectivity index (χ3n) is 4.86. The second kappa shape index (κ2) is 10.9. The number of hydrogen-bond donors (Lipinski definition) is 3. The zero-order valence-electron chi connectivity index (χ0n) is 16.8. The number of piperidine rings is 1. The maximum absolute atomic E-state index is 12.1. The highest BCUT2D eigenvalue weighted by Crippen LogP contribution is 2.20. The first-order chi connectivity index (χ1) is 14.1. The van der Waals surface area contributed by atoms with E-state index in [0.717, 1.165) is 36.8 Å². The van der Waals surface area contributed by atoms with Crippen LogP contribution >= 0.6 is 11.3 Å². The summed E-state index contributed by atoms with van der Waals surface area (Å²) in [5.74, 6) is 0.583. The number of anilines is 1. The number of amides is 3. The third kappa shape index (κ3) is 7.47. The molecule has 8 heteroatoms. The number of benzene rings is 1. The Bertz CT molecular complexity index is 795. The zero-order valence-corrected chi connectivity index (χ0v) is 17.6. The van der Waals surface area contributed by atoms with Crippen molar-refractivity contribution >= 4 is 28.4 Å². The Morgan fingerprint density at radius 1 is 1.24 bits per heavy atom. The second-order valence-electron chi connectivity index (χ2n) is 7.52. The van der Waals surface area contributed by atoms with Crippen molar-refractivity contribution in [2.45, 2.75) is 39.3 Å². The Morgan fingerprint density at radius 3 is 2.86 bits per heavy atom. The average molecular weight is 416 g/mol. The average Bonchev–Trinajstić information content (AvgIpc) is 3.14. The first-order valence-electron chi connectivity index (χ1n) is 10.1. The molecular weight excluding hydrogens is 386 g/mol. The van der Waals surface area contributed by atoms with Crippen LogP contribution in [0.2, 0.25) is 0 Å². The topological polar surface area (TPSA) is 86.4 Å². The molecule has 156 valence electrons. The van der Waals surface area contributed by atoms with Crippen LogP contribution in [0.15, 0.2) is 35.7 Å². The summed E-state index contributed by atoms with van der Waals surface area (Å²) in [6, 6.07) is 9.40. The summed E-state index contributed by atoms with van der Waals surface area (Å²) in [4.78, 5) is 30.8. The number of urea groups is 1. The lowest BCUT2D eigenvalue weighted by atomic mass is 10.0. The maximum atomic E-state index is 12.1. The number of thiazole rings is 1. The predicted molar refractivity (Wildman–Crippen MR) is 116 cm³/mol. The minimum atomic E-state index is -0.283. The van der Waals surface area contributed by atoms with Crippen molar-refractivity contribution in [3.63, 3.8) is 0 Å². The molecule has 3 N–H and O–H groups in total. The van der Waals surface area contributed by atoms with Crippen molar-refractivity contribution in [3.05, 3.63) is 47.0 Å². The molecule has 7 nitrogen and oxygen atoms in total. The van der Waals surface area contributed by atoms with Crippen molar-refractivity contribution in [3.8, 4) is 0 Å². The molecule has 0 saturated carbocycles. The molecule has 1 saturated heterocycles. The van der Waals surface area contributed by atoms with Gasteiger partial charge in [0.15, 0.2) is 5.13 Å². The van der Waals surface area contributed by atoms with Gasteiger partial charge in [-0.2, -0.15) is 0 Å². The highest BCUT2D eigenvalue weighted by molar-refractivity contribution is 7.13. The summed E-state index contributed by atoms with van der Waals surface area (Å²) in [5, 5.41) is 10.9. The lowest BCUT2D eigenvalue weighted by Gasteiger charge is -2.30. The Labute approximate surface area is 175 Å². The summed E-state index contributed by atoms with van der Waals surface area (Å²) < 4.78 is 0. The lowest BCUT2D eigenvalue weighted by molar-refractivity contribution is -0.116. The summed E-state index contributed by atoms with van der Waals surface area (Å²) >= 11 is 1.44. The molecule has 3 amide bonds. The van der Waals surface area contributed by atoms with Gasteiger partial charge in [-0.05, 0) is 30.9 Å². The number of likely N-dealkylation sites (tertiary alicyclic amines) is 1. The van der Waals surface area contributed by atoms with Crippen LogP contribution in [0.5, 0.6) is 0 Å². The molecule has 0 spiro atoms. The van der Waals surface area contributed by atoms with Crippen LogP contribution in [-0.4, -0.2) is 41.5 Å². The van der Waals surface area contributed by atoms with Gasteiger partial charge in [-0.15, -0.1) is 11.3 Å². The van der Waals surface area contributed by atoms with Gasteiger partial charge in [-0.3, -0.25) is 9.69 Å². The van der Waals surface area contributed by atoms with Gasteiger partial charge in [0.2, 0.25) is 5.91 Å². The number of hydrogen-bond acceptors (Lipinski definition) is 5. The second-order valence-corrected chi connectivity index (χ2v) is 8.38. The fraction of sp³-hybridized carbons (Fsp3) is 0.476. The molecule has 0 unspecified atom stereocenters. The van der Waals surface area contributed by atoms with E-state index in [1.807, 2.05) is 35.7 Å². The number of carbonyl (C=O) groups is 2. The van der Waals surface area contributed by atoms with Gasteiger partial charge in [0.25, 0.3) is 0 Å². The molecule has 1 aliphatic rings. The minimum absolute atomic E-state index is 0.152. The molecule has 1 aromatic carbocycles. The quantitative estimate of drug-likeness (QED) is 0.618. The smallest absolute Gasteiger partial charge is 0.315 e. The molecule has 2 heterocycles. The van der Waals surface area contributed by atoms with Crippen molar-refractivity contribution in [1.82, 2.24) is 20.5 Å². The zero-order chi connectivity index (χ0) is 20.5. The molecular formula is C21H29N5O2S.